The van der Waals surface area contributed by atoms with Crippen molar-refractivity contribution in [2.24, 2.45) is 0 Å². The zero-order chi connectivity index (χ0) is 23.2. The Kier molecular flexibility index (Phi) is 8.03. The highest BCUT2D eigenvalue weighted by molar-refractivity contribution is 9.10. The van der Waals surface area contributed by atoms with Crippen LogP contribution in [0.1, 0.15) is 36.3 Å². The Morgan fingerprint density at radius 1 is 1.12 bits per heavy atom. The Bertz CT molecular complexity index is 1240. The summed E-state index contributed by atoms with van der Waals surface area (Å²) < 4.78 is 2.88. The lowest BCUT2D eigenvalue weighted by Crippen LogP contribution is -2.38. The third-order valence-corrected chi connectivity index (χ3v) is 6.99. The van der Waals surface area contributed by atoms with Crippen molar-refractivity contribution in [2.45, 2.75) is 32.5 Å². The summed E-state index contributed by atoms with van der Waals surface area (Å²) in [5, 5.41) is 3.27. The standard InChI is InChI=1S/C25H28BrN5OS/c1-3-21(30(14-13-27-2)15-19-9-11-20(26)12-10-19)23-29-24-22(28-17-33-24)25(32)31(23)16-18-7-5-4-6-8-18/h4-12,17,21,27H,3,13-16H2,1-2H3. The molecule has 0 bridgehead atoms. The first-order chi connectivity index (χ1) is 16.1. The van der Waals surface area contributed by atoms with Crippen molar-refractivity contribution in [2.75, 3.05) is 20.1 Å². The van der Waals surface area contributed by atoms with E-state index in [1.165, 1.54) is 16.9 Å². The van der Waals surface area contributed by atoms with Gasteiger partial charge in [0.05, 0.1) is 18.1 Å². The van der Waals surface area contributed by atoms with Crippen LogP contribution in [0.5, 0.6) is 0 Å². The summed E-state index contributed by atoms with van der Waals surface area (Å²) in [6, 6.07) is 18.5. The SMILES string of the molecule is CCC(c1nc2scnc2c(=O)n1Cc1ccccc1)N(CCNC)Cc1ccc(Br)cc1. The van der Waals surface area contributed by atoms with Crippen molar-refractivity contribution in [3.63, 3.8) is 0 Å². The zero-order valence-corrected chi connectivity index (χ0v) is 21.3. The van der Waals surface area contributed by atoms with Crippen molar-refractivity contribution >= 4 is 37.6 Å². The van der Waals surface area contributed by atoms with Crippen LogP contribution in [-0.4, -0.2) is 39.6 Å². The molecule has 2 aromatic carbocycles. The van der Waals surface area contributed by atoms with E-state index in [2.05, 4.69) is 62.3 Å². The van der Waals surface area contributed by atoms with E-state index in [-0.39, 0.29) is 11.6 Å². The number of likely N-dealkylation sites (N-methyl/N-ethyl adjacent to an activating group) is 1. The van der Waals surface area contributed by atoms with Crippen LogP contribution in [0.2, 0.25) is 0 Å². The smallest absolute Gasteiger partial charge is 0.281 e. The molecule has 1 atom stereocenters. The number of benzene rings is 2. The molecule has 0 spiro atoms. The van der Waals surface area contributed by atoms with Gasteiger partial charge in [-0.3, -0.25) is 14.3 Å². The predicted octanol–water partition coefficient (Wildman–Crippen LogP) is 4.84. The number of nitrogens with zero attached hydrogens (tertiary/aromatic N) is 4. The summed E-state index contributed by atoms with van der Waals surface area (Å²) in [6.07, 6.45) is 0.839. The largest absolute Gasteiger partial charge is 0.318 e. The van der Waals surface area contributed by atoms with E-state index < -0.39 is 0 Å². The van der Waals surface area contributed by atoms with Gasteiger partial charge in [-0.1, -0.05) is 65.3 Å². The maximum absolute atomic E-state index is 13.5. The molecule has 0 aliphatic heterocycles. The van der Waals surface area contributed by atoms with E-state index >= 15 is 0 Å². The number of rotatable bonds is 10. The van der Waals surface area contributed by atoms with Crippen molar-refractivity contribution in [1.29, 1.82) is 0 Å². The molecule has 2 aromatic heterocycles. The van der Waals surface area contributed by atoms with Crippen LogP contribution in [0.4, 0.5) is 0 Å². The van der Waals surface area contributed by atoms with E-state index in [0.717, 1.165) is 41.9 Å². The number of hydrogen-bond acceptors (Lipinski definition) is 6. The van der Waals surface area contributed by atoms with Crippen LogP contribution >= 0.6 is 27.3 Å². The number of aromatic nitrogens is 3. The fourth-order valence-corrected chi connectivity index (χ4v) is 4.98. The second-order valence-electron chi connectivity index (χ2n) is 7.98. The number of nitrogens with one attached hydrogen (secondary N) is 1. The summed E-state index contributed by atoms with van der Waals surface area (Å²) in [6.45, 7) is 5.10. The molecular formula is C25H28BrN5OS. The Morgan fingerprint density at radius 2 is 1.88 bits per heavy atom. The third-order valence-electron chi connectivity index (χ3n) is 5.75. The van der Waals surface area contributed by atoms with Crippen LogP contribution in [-0.2, 0) is 13.1 Å². The molecule has 1 N–H and O–H groups in total. The molecule has 0 amide bonds. The topological polar surface area (TPSA) is 63.1 Å². The summed E-state index contributed by atoms with van der Waals surface area (Å²) in [7, 11) is 1.96. The monoisotopic (exact) mass is 525 g/mol. The first kappa shape index (κ1) is 23.8. The van der Waals surface area contributed by atoms with Gasteiger partial charge in [0.15, 0.2) is 10.3 Å². The van der Waals surface area contributed by atoms with Crippen LogP contribution in [0, 0.1) is 0 Å². The molecule has 1 unspecified atom stereocenters. The summed E-state index contributed by atoms with van der Waals surface area (Å²) in [5.74, 6) is 0.802. The highest BCUT2D eigenvalue weighted by atomic mass is 79.9. The van der Waals surface area contributed by atoms with E-state index in [1.54, 1.807) is 5.51 Å². The quantitative estimate of drug-likeness (QED) is 0.321. The van der Waals surface area contributed by atoms with Crippen molar-refractivity contribution in [3.05, 3.63) is 91.9 Å². The van der Waals surface area contributed by atoms with Gasteiger partial charge in [-0.15, -0.1) is 11.3 Å². The first-order valence-corrected chi connectivity index (χ1v) is 12.8. The molecule has 0 saturated carbocycles. The molecule has 0 fully saturated rings. The maximum Gasteiger partial charge on any atom is 0.281 e. The molecule has 172 valence electrons. The zero-order valence-electron chi connectivity index (χ0n) is 18.9. The summed E-state index contributed by atoms with van der Waals surface area (Å²) >= 11 is 4.95. The van der Waals surface area contributed by atoms with E-state index in [9.17, 15) is 4.79 Å². The van der Waals surface area contributed by atoms with Crippen molar-refractivity contribution in [3.8, 4) is 0 Å². The highest BCUT2D eigenvalue weighted by Gasteiger charge is 2.26. The molecule has 4 rings (SSSR count). The van der Waals surface area contributed by atoms with Gasteiger partial charge in [0.1, 0.15) is 5.82 Å². The minimum atomic E-state index is -0.0734. The highest BCUT2D eigenvalue weighted by Crippen LogP contribution is 2.27. The number of hydrogen-bond donors (Lipinski definition) is 1. The van der Waals surface area contributed by atoms with Crippen LogP contribution in [0.25, 0.3) is 10.3 Å². The average molecular weight is 527 g/mol. The lowest BCUT2D eigenvalue weighted by atomic mass is 10.1. The number of halogens is 1. The maximum atomic E-state index is 13.5. The molecule has 33 heavy (non-hydrogen) atoms. The number of fused-ring (bicyclic) bond motifs is 1. The molecule has 4 aromatic rings. The minimum Gasteiger partial charge on any atom is -0.318 e. The van der Waals surface area contributed by atoms with Gasteiger partial charge in [0.25, 0.3) is 5.56 Å². The number of thiazole rings is 1. The van der Waals surface area contributed by atoms with E-state index in [0.29, 0.717) is 16.9 Å². The van der Waals surface area contributed by atoms with Crippen molar-refractivity contribution in [1.82, 2.24) is 24.8 Å². The predicted molar refractivity (Wildman–Crippen MR) is 139 cm³/mol. The second-order valence-corrected chi connectivity index (χ2v) is 9.73. The van der Waals surface area contributed by atoms with Gasteiger partial charge in [-0.05, 0) is 36.7 Å². The van der Waals surface area contributed by atoms with Crippen LogP contribution < -0.4 is 10.9 Å². The molecular weight excluding hydrogens is 498 g/mol. The van der Waals surface area contributed by atoms with Gasteiger partial charge >= 0.3 is 0 Å². The average Bonchev–Trinajstić information content (AvgIpc) is 3.31. The first-order valence-electron chi connectivity index (χ1n) is 11.1. The summed E-state index contributed by atoms with van der Waals surface area (Å²) in [4.78, 5) is 25.9. The van der Waals surface area contributed by atoms with Gasteiger partial charge in [-0.2, -0.15) is 0 Å². The Balaban J connectivity index is 1.78. The van der Waals surface area contributed by atoms with Gasteiger partial charge in [-0.25, -0.2) is 9.97 Å². The molecule has 0 aliphatic carbocycles. The third kappa shape index (κ3) is 5.58. The van der Waals surface area contributed by atoms with Crippen LogP contribution in [0.15, 0.2) is 69.4 Å². The molecule has 0 radical (unpaired) electrons. The lowest BCUT2D eigenvalue weighted by Gasteiger charge is -2.32. The molecule has 8 heteroatoms. The fourth-order valence-electron chi connectivity index (χ4n) is 4.06. The Labute approximate surface area is 206 Å². The second kappa shape index (κ2) is 11.2. The fraction of sp³-hybridized carbons (Fsp3) is 0.320. The molecule has 2 heterocycles. The molecule has 0 saturated heterocycles. The van der Waals surface area contributed by atoms with Crippen LogP contribution in [0.3, 0.4) is 0 Å². The molecule has 0 aliphatic rings. The van der Waals surface area contributed by atoms with E-state index in [4.69, 9.17) is 4.98 Å². The van der Waals surface area contributed by atoms with Gasteiger partial charge in [0, 0.05) is 24.1 Å². The summed E-state index contributed by atoms with van der Waals surface area (Å²) in [5.41, 5.74) is 4.38. The molecule has 6 nitrogen and oxygen atoms in total. The van der Waals surface area contributed by atoms with Gasteiger partial charge < -0.3 is 5.32 Å². The van der Waals surface area contributed by atoms with Gasteiger partial charge in [0.2, 0.25) is 0 Å². The normalized spacial score (nSPS) is 12.5. The Morgan fingerprint density at radius 3 is 2.58 bits per heavy atom. The van der Waals surface area contributed by atoms with E-state index in [1.807, 2.05) is 41.9 Å². The van der Waals surface area contributed by atoms with Crippen molar-refractivity contribution < 1.29 is 0 Å². The Hall–Kier alpha value is -2.39. The lowest BCUT2D eigenvalue weighted by molar-refractivity contribution is 0.173. The minimum absolute atomic E-state index is 0.00934.